The van der Waals surface area contributed by atoms with E-state index in [2.05, 4.69) is 11.9 Å². The van der Waals surface area contributed by atoms with Gasteiger partial charge in [-0.2, -0.15) is 11.8 Å². The standard InChI is InChI=1S/C9H13ClN2OS/c1-2-14-7-3-5-12-6-4-11-8(10)9(12)13/h4,6H,2-3,5,7H2,1H3. The third-order valence-electron chi connectivity index (χ3n) is 1.76. The maximum absolute atomic E-state index is 11.4. The number of hydrogen-bond donors (Lipinski definition) is 0. The summed E-state index contributed by atoms with van der Waals surface area (Å²) >= 11 is 7.48. The summed E-state index contributed by atoms with van der Waals surface area (Å²) < 4.78 is 1.60. The van der Waals surface area contributed by atoms with Crippen molar-refractivity contribution in [3.8, 4) is 0 Å². The minimum atomic E-state index is -0.198. The zero-order valence-electron chi connectivity index (χ0n) is 8.07. The Labute approximate surface area is 92.5 Å². The van der Waals surface area contributed by atoms with Gasteiger partial charge < -0.3 is 4.57 Å². The molecule has 0 amide bonds. The van der Waals surface area contributed by atoms with Crippen LogP contribution in [0.15, 0.2) is 17.2 Å². The van der Waals surface area contributed by atoms with E-state index in [-0.39, 0.29) is 10.7 Å². The first kappa shape index (κ1) is 11.6. The summed E-state index contributed by atoms with van der Waals surface area (Å²) in [5.74, 6) is 2.19. The Balaban J connectivity index is 2.51. The predicted octanol–water partition coefficient (Wildman–Crippen LogP) is 2.04. The molecule has 0 aliphatic heterocycles. The second-order valence-corrected chi connectivity index (χ2v) is 4.52. The highest BCUT2D eigenvalue weighted by Gasteiger charge is 2.00. The van der Waals surface area contributed by atoms with Gasteiger partial charge in [0, 0.05) is 18.9 Å². The minimum Gasteiger partial charge on any atom is -0.311 e. The molecule has 3 nitrogen and oxygen atoms in total. The van der Waals surface area contributed by atoms with Crippen molar-refractivity contribution in [1.29, 1.82) is 0 Å². The topological polar surface area (TPSA) is 34.9 Å². The van der Waals surface area contributed by atoms with Crippen LogP contribution in [0.2, 0.25) is 5.15 Å². The van der Waals surface area contributed by atoms with Gasteiger partial charge in [-0.05, 0) is 17.9 Å². The Morgan fingerprint density at radius 2 is 2.43 bits per heavy atom. The molecule has 78 valence electrons. The molecule has 0 unspecified atom stereocenters. The molecule has 0 spiro atoms. The van der Waals surface area contributed by atoms with Gasteiger partial charge in [0.05, 0.1) is 0 Å². The van der Waals surface area contributed by atoms with Crippen molar-refractivity contribution in [1.82, 2.24) is 9.55 Å². The summed E-state index contributed by atoms with van der Waals surface area (Å²) in [7, 11) is 0. The van der Waals surface area contributed by atoms with Crippen LogP contribution in [0.4, 0.5) is 0 Å². The zero-order chi connectivity index (χ0) is 10.4. The molecule has 0 bridgehead atoms. The highest BCUT2D eigenvalue weighted by atomic mass is 35.5. The van der Waals surface area contributed by atoms with Gasteiger partial charge in [-0.15, -0.1) is 0 Å². The molecule has 0 atom stereocenters. The number of hydrogen-bond acceptors (Lipinski definition) is 3. The van der Waals surface area contributed by atoms with Crippen molar-refractivity contribution in [3.05, 3.63) is 27.9 Å². The molecule has 0 aromatic carbocycles. The third kappa shape index (κ3) is 3.35. The fourth-order valence-corrected chi connectivity index (χ4v) is 1.86. The lowest BCUT2D eigenvalue weighted by atomic mass is 10.4. The molecule has 0 aliphatic rings. The molecule has 0 N–H and O–H groups in total. The third-order valence-corrected chi connectivity index (χ3v) is 3.01. The molecule has 0 fully saturated rings. The van der Waals surface area contributed by atoms with Crippen LogP contribution in [0.1, 0.15) is 13.3 Å². The average Bonchev–Trinajstić information content (AvgIpc) is 2.19. The van der Waals surface area contributed by atoms with E-state index in [1.165, 1.54) is 0 Å². The molecular weight excluding hydrogens is 220 g/mol. The Hall–Kier alpha value is -0.480. The Bertz CT molecular complexity index is 340. The monoisotopic (exact) mass is 232 g/mol. The van der Waals surface area contributed by atoms with E-state index in [4.69, 9.17) is 11.6 Å². The van der Waals surface area contributed by atoms with E-state index in [9.17, 15) is 4.79 Å². The largest absolute Gasteiger partial charge is 0.311 e. The number of thioether (sulfide) groups is 1. The van der Waals surface area contributed by atoms with E-state index in [0.717, 1.165) is 17.9 Å². The Morgan fingerprint density at radius 1 is 1.64 bits per heavy atom. The summed E-state index contributed by atoms with van der Waals surface area (Å²) in [6.45, 7) is 2.84. The van der Waals surface area contributed by atoms with Gasteiger partial charge in [-0.3, -0.25) is 4.79 Å². The summed E-state index contributed by atoms with van der Waals surface area (Å²) in [5, 5.41) is 0.0515. The number of aryl methyl sites for hydroxylation is 1. The maximum atomic E-state index is 11.4. The van der Waals surface area contributed by atoms with Crippen LogP contribution in [0.25, 0.3) is 0 Å². The number of rotatable bonds is 5. The summed E-state index contributed by atoms with van der Waals surface area (Å²) in [4.78, 5) is 15.1. The van der Waals surface area contributed by atoms with Gasteiger partial charge in [0.2, 0.25) is 0 Å². The molecule has 1 heterocycles. The van der Waals surface area contributed by atoms with Crippen LogP contribution >= 0.6 is 23.4 Å². The van der Waals surface area contributed by atoms with Gasteiger partial charge in [0.25, 0.3) is 5.56 Å². The molecular formula is C9H13ClN2OS. The molecule has 1 rings (SSSR count). The molecule has 1 aromatic heterocycles. The SMILES string of the molecule is CCSCCCn1ccnc(Cl)c1=O. The van der Waals surface area contributed by atoms with Gasteiger partial charge in [-0.1, -0.05) is 18.5 Å². The van der Waals surface area contributed by atoms with E-state index in [1.54, 1.807) is 17.0 Å². The fourth-order valence-electron chi connectivity index (χ4n) is 1.08. The van der Waals surface area contributed by atoms with Gasteiger partial charge in [0.1, 0.15) is 0 Å². The number of halogens is 1. The number of aromatic nitrogens is 2. The molecule has 0 radical (unpaired) electrons. The first-order valence-electron chi connectivity index (χ1n) is 4.54. The maximum Gasteiger partial charge on any atom is 0.288 e. The van der Waals surface area contributed by atoms with Crippen molar-refractivity contribution >= 4 is 23.4 Å². The summed E-state index contributed by atoms with van der Waals surface area (Å²) in [6.07, 6.45) is 4.21. The highest BCUT2D eigenvalue weighted by molar-refractivity contribution is 7.99. The molecule has 0 aliphatic carbocycles. The van der Waals surface area contributed by atoms with Crippen LogP contribution < -0.4 is 5.56 Å². The van der Waals surface area contributed by atoms with E-state index in [0.29, 0.717) is 6.54 Å². The van der Waals surface area contributed by atoms with Gasteiger partial charge >= 0.3 is 0 Å². The van der Waals surface area contributed by atoms with Crippen molar-refractivity contribution in [2.24, 2.45) is 0 Å². The van der Waals surface area contributed by atoms with Crippen LogP contribution in [0.5, 0.6) is 0 Å². The fraction of sp³-hybridized carbons (Fsp3) is 0.556. The van der Waals surface area contributed by atoms with Crippen molar-refractivity contribution in [2.45, 2.75) is 19.9 Å². The average molecular weight is 233 g/mol. The first-order valence-corrected chi connectivity index (χ1v) is 6.07. The summed E-state index contributed by atoms with van der Waals surface area (Å²) in [6, 6.07) is 0. The van der Waals surface area contributed by atoms with E-state index in [1.807, 2.05) is 11.8 Å². The highest BCUT2D eigenvalue weighted by Crippen LogP contribution is 2.02. The van der Waals surface area contributed by atoms with Gasteiger partial charge in [-0.25, -0.2) is 4.98 Å². The molecule has 1 aromatic rings. The Kier molecular flexibility index (Phi) is 5.04. The Morgan fingerprint density at radius 3 is 3.14 bits per heavy atom. The van der Waals surface area contributed by atoms with Gasteiger partial charge in [0.15, 0.2) is 5.15 Å². The lowest BCUT2D eigenvalue weighted by molar-refractivity contribution is 0.653. The van der Waals surface area contributed by atoms with E-state index < -0.39 is 0 Å². The smallest absolute Gasteiger partial charge is 0.288 e. The molecule has 14 heavy (non-hydrogen) atoms. The normalized spacial score (nSPS) is 10.4. The predicted molar refractivity (Wildman–Crippen MR) is 61.1 cm³/mol. The minimum absolute atomic E-state index is 0.0515. The van der Waals surface area contributed by atoms with Crippen LogP contribution in [0, 0.1) is 0 Å². The quantitative estimate of drug-likeness (QED) is 0.729. The van der Waals surface area contributed by atoms with Crippen molar-refractivity contribution in [2.75, 3.05) is 11.5 Å². The van der Waals surface area contributed by atoms with E-state index >= 15 is 0 Å². The molecule has 0 saturated carbocycles. The first-order chi connectivity index (χ1) is 6.75. The molecule has 0 saturated heterocycles. The van der Waals surface area contributed by atoms with Crippen molar-refractivity contribution in [3.63, 3.8) is 0 Å². The second kappa shape index (κ2) is 6.09. The lowest BCUT2D eigenvalue weighted by Gasteiger charge is -2.04. The zero-order valence-corrected chi connectivity index (χ0v) is 9.64. The van der Waals surface area contributed by atoms with Crippen LogP contribution in [0.3, 0.4) is 0 Å². The lowest BCUT2D eigenvalue weighted by Crippen LogP contribution is -2.20. The summed E-state index contributed by atoms with van der Waals surface area (Å²) in [5.41, 5.74) is -0.198. The number of nitrogens with zero attached hydrogens (tertiary/aromatic N) is 2. The second-order valence-electron chi connectivity index (χ2n) is 2.77. The molecule has 5 heteroatoms. The van der Waals surface area contributed by atoms with Crippen molar-refractivity contribution < 1.29 is 0 Å². The van der Waals surface area contributed by atoms with Crippen LogP contribution in [-0.4, -0.2) is 21.1 Å². The van der Waals surface area contributed by atoms with Crippen LogP contribution in [-0.2, 0) is 6.54 Å².